The molecule has 4 rings (SSSR count). The molecule has 0 atom stereocenters. The number of esters is 1. The number of hydrogen-bond acceptors (Lipinski definition) is 6. The quantitative estimate of drug-likeness (QED) is 0.310. The summed E-state index contributed by atoms with van der Waals surface area (Å²) in [5.41, 5.74) is 1.93. The van der Waals surface area contributed by atoms with Crippen LogP contribution in [-0.4, -0.2) is 31.7 Å². The summed E-state index contributed by atoms with van der Waals surface area (Å²) in [6, 6.07) is 12.5. The van der Waals surface area contributed by atoms with Crippen molar-refractivity contribution in [3.63, 3.8) is 0 Å². The van der Waals surface area contributed by atoms with E-state index in [2.05, 4.69) is 17.1 Å². The molecule has 8 heteroatoms. The van der Waals surface area contributed by atoms with E-state index < -0.39 is 5.97 Å². The van der Waals surface area contributed by atoms with Gasteiger partial charge >= 0.3 is 5.97 Å². The van der Waals surface area contributed by atoms with Crippen LogP contribution in [0.25, 0.3) is 16.7 Å². The van der Waals surface area contributed by atoms with Gasteiger partial charge in [0.1, 0.15) is 5.75 Å². The number of benzene rings is 2. The van der Waals surface area contributed by atoms with Gasteiger partial charge in [-0.05, 0) is 49.7 Å². The predicted octanol–water partition coefficient (Wildman–Crippen LogP) is 3.82. The van der Waals surface area contributed by atoms with E-state index in [-0.39, 0.29) is 12.2 Å². The van der Waals surface area contributed by atoms with E-state index in [0.29, 0.717) is 34.7 Å². The molecular formula is C24H26N4O4. The second-order valence-corrected chi connectivity index (χ2v) is 7.79. The molecule has 0 N–H and O–H groups in total. The number of fused-ring (bicyclic) bond motifs is 3. The van der Waals surface area contributed by atoms with E-state index >= 15 is 0 Å². The van der Waals surface area contributed by atoms with Gasteiger partial charge in [0.25, 0.3) is 5.56 Å². The van der Waals surface area contributed by atoms with E-state index in [1.54, 1.807) is 35.7 Å². The van der Waals surface area contributed by atoms with Crippen LogP contribution in [0, 0.1) is 6.92 Å². The fourth-order valence-corrected chi connectivity index (χ4v) is 3.60. The third-order valence-corrected chi connectivity index (χ3v) is 5.38. The summed E-state index contributed by atoms with van der Waals surface area (Å²) in [5.74, 6) is 1.09. The number of carbonyl (C=O) groups excluding carboxylic acids is 1. The molecule has 4 aromatic rings. The Morgan fingerprint density at radius 3 is 2.59 bits per heavy atom. The number of carbonyl (C=O) groups is 1. The molecule has 0 aliphatic heterocycles. The van der Waals surface area contributed by atoms with E-state index in [0.717, 1.165) is 30.6 Å². The molecule has 2 aromatic heterocycles. The summed E-state index contributed by atoms with van der Waals surface area (Å²) < 4.78 is 14.4. The predicted molar refractivity (Wildman–Crippen MR) is 121 cm³/mol. The van der Waals surface area contributed by atoms with Crippen molar-refractivity contribution in [1.29, 1.82) is 0 Å². The van der Waals surface area contributed by atoms with Crippen LogP contribution < -0.4 is 10.3 Å². The lowest BCUT2D eigenvalue weighted by Gasteiger charge is -2.09. The molecule has 0 aliphatic rings. The van der Waals surface area contributed by atoms with Gasteiger partial charge in [0.2, 0.25) is 5.78 Å². The van der Waals surface area contributed by atoms with Crippen molar-refractivity contribution in [3.05, 3.63) is 69.8 Å². The third-order valence-electron chi connectivity index (χ3n) is 5.38. The summed E-state index contributed by atoms with van der Waals surface area (Å²) in [5, 5.41) is 8.84. The van der Waals surface area contributed by atoms with Crippen molar-refractivity contribution in [1.82, 2.24) is 19.2 Å². The Kier molecular flexibility index (Phi) is 6.20. The lowest BCUT2D eigenvalue weighted by atomic mass is 10.1. The van der Waals surface area contributed by atoms with Gasteiger partial charge in [0.15, 0.2) is 12.4 Å². The number of aryl methyl sites for hydroxylation is 2. The number of unbranched alkanes of at least 4 members (excludes halogenated alkanes) is 2. The smallest absolute Gasteiger partial charge is 0.338 e. The molecule has 0 unspecified atom stereocenters. The van der Waals surface area contributed by atoms with Crippen LogP contribution in [0.3, 0.4) is 0 Å². The maximum Gasteiger partial charge on any atom is 0.338 e. The number of hydrogen-bond donors (Lipinski definition) is 0. The topological polar surface area (TPSA) is 87.7 Å². The van der Waals surface area contributed by atoms with Crippen LogP contribution in [0.2, 0.25) is 0 Å². The number of ether oxygens (including phenoxy) is 2. The number of nitrogens with zero attached hydrogens (tertiary/aromatic N) is 4. The first-order valence-electron chi connectivity index (χ1n) is 10.7. The third kappa shape index (κ3) is 4.21. The van der Waals surface area contributed by atoms with Gasteiger partial charge in [0, 0.05) is 7.05 Å². The minimum Gasteiger partial charge on any atom is -0.494 e. The normalized spacial score (nSPS) is 11.2. The highest BCUT2D eigenvalue weighted by Crippen LogP contribution is 2.17. The average Bonchev–Trinajstić information content (AvgIpc) is 3.23. The largest absolute Gasteiger partial charge is 0.494 e. The highest BCUT2D eigenvalue weighted by atomic mass is 16.5. The zero-order chi connectivity index (χ0) is 22.7. The number of aromatic nitrogens is 4. The Morgan fingerprint density at radius 2 is 1.84 bits per heavy atom. The standard InChI is InChI=1S/C24H26N4O4/c1-4-5-6-13-31-18-10-8-17(9-11-18)23(30)32-15-21-25-26-24-27(3)22(29)19-14-16(2)7-12-20(19)28(21)24/h7-12,14H,4-6,13,15H2,1-3H3. The molecule has 0 aliphatic carbocycles. The first-order chi connectivity index (χ1) is 15.5. The summed E-state index contributed by atoms with van der Waals surface area (Å²) in [6.45, 7) is 4.66. The van der Waals surface area contributed by atoms with Gasteiger partial charge in [-0.1, -0.05) is 31.4 Å². The summed E-state index contributed by atoms with van der Waals surface area (Å²) in [6.07, 6.45) is 3.28. The fourth-order valence-electron chi connectivity index (χ4n) is 3.60. The molecule has 2 aromatic carbocycles. The summed E-state index contributed by atoms with van der Waals surface area (Å²) in [4.78, 5) is 25.2. The Hall–Kier alpha value is -3.68. The van der Waals surface area contributed by atoms with Crippen molar-refractivity contribution in [2.75, 3.05) is 6.61 Å². The Bertz CT molecular complexity index is 1320. The van der Waals surface area contributed by atoms with Crippen molar-refractivity contribution in [3.8, 4) is 5.75 Å². The van der Waals surface area contributed by atoms with Crippen LogP contribution in [0.4, 0.5) is 0 Å². The van der Waals surface area contributed by atoms with Gasteiger partial charge < -0.3 is 9.47 Å². The molecule has 8 nitrogen and oxygen atoms in total. The molecule has 0 spiro atoms. The van der Waals surface area contributed by atoms with Crippen molar-refractivity contribution in [2.24, 2.45) is 7.05 Å². The molecule has 32 heavy (non-hydrogen) atoms. The van der Waals surface area contributed by atoms with Crippen molar-refractivity contribution < 1.29 is 14.3 Å². The van der Waals surface area contributed by atoms with Gasteiger partial charge in [0.05, 0.1) is 23.1 Å². The zero-order valence-electron chi connectivity index (χ0n) is 18.5. The minimum absolute atomic E-state index is 0.0730. The Labute approximate surface area is 185 Å². The molecule has 2 heterocycles. The van der Waals surface area contributed by atoms with Crippen LogP contribution in [-0.2, 0) is 18.4 Å². The second-order valence-electron chi connectivity index (χ2n) is 7.79. The minimum atomic E-state index is -0.468. The summed E-state index contributed by atoms with van der Waals surface area (Å²) in [7, 11) is 1.65. The van der Waals surface area contributed by atoms with Gasteiger partial charge in [-0.25, -0.2) is 4.79 Å². The second kappa shape index (κ2) is 9.21. The molecule has 166 valence electrons. The Balaban J connectivity index is 1.51. The Morgan fingerprint density at radius 1 is 1.06 bits per heavy atom. The van der Waals surface area contributed by atoms with E-state index in [9.17, 15) is 9.59 Å². The molecule has 0 saturated heterocycles. The first-order valence-corrected chi connectivity index (χ1v) is 10.7. The average molecular weight is 434 g/mol. The van der Waals surface area contributed by atoms with Crippen LogP contribution in [0.1, 0.15) is 47.9 Å². The SMILES string of the molecule is CCCCCOc1ccc(C(=O)OCc2nnc3n(C)c(=O)c4cc(C)ccc4n23)cc1. The van der Waals surface area contributed by atoms with Crippen LogP contribution in [0.5, 0.6) is 5.75 Å². The maximum absolute atomic E-state index is 12.7. The molecular weight excluding hydrogens is 408 g/mol. The van der Waals surface area contributed by atoms with Crippen LogP contribution in [0.15, 0.2) is 47.3 Å². The fraction of sp³-hybridized carbons (Fsp3) is 0.333. The van der Waals surface area contributed by atoms with E-state index in [1.807, 2.05) is 25.1 Å². The van der Waals surface area contributed by atoms with Gasteiger partial charge in [-0.15, -0.1) is 10.2 Å². The maximum atomic E-state index is 12.7. The first kappa shape index (κ1) is 21.5. The van der Waals surface area contributed by atoms with Crippen molar-refractivity contribution in [2.45, 2.75) is 39.7 Å². The van der Waals surface area contributed by atoms with Gasteiger partial charge in [-0.2, -0.15) is 0 Å². The van der Waals surface area contributed by atoms with Gasteiger partial charge in [-0.3, -0.25) is 13.8 Å². The highest BCUT2D eigenvalue weighted by molar-refractivity contribution is 5.89. The lowest BCUT2D eigenvalue weighted by molar-refractivity contribution is 0.0461. The van der Waals surface area contributed by atoms with E-state index in [1.165, 1.54) is 4.57 Å². The number of rotatable bonds is 8. The monoisotopic (exact) mass is 434 g/mol. The van der Waals surface area contributed by atoms with Crippen LogP contribution >= 0.6 is 0 Å². The summed E-state index contributed by atoms with van der Waals surface area (Å²) >= 11 is 0. The lowest BCUT2D eigenvalue weighted by Crippen LogP contribution is -2.20. The molecule has 0 radical (unpaired) electrons. The van der Waals surface area contributed by atoms with E-state index in [4.69, 9.17) is 9.47 Å². The molecule has 0 bridgehead atoms. The molecule has 0 saturated carbocycles. The highest BCUT2D eigenvalue weighted by Gasteiger charge is 2.16. The molecule has 0 fully saturated rings. The van der Waals surface area contributed by atoms with Crippen molar-refractivity contribution >= 4 is 22.6 Å². The molecule has 0 amide bonds. The zero-order valence-corrected chi connectivity index (χ0v) is 18.5.